The Labute approximate surface area is 140 Å². The SMILES string of the molecule is COC(=O)c1ccccc1NC(=O)NNC(=O)c1ccc(Cl)s1. The number of para-hydroxylation sites is 1. The van der Waals surface area contributed by atoms with E-state index in [4.69, 9.17) is 11.6 Å². The number of amides is 3. The number of carbonyl (C=O) groups is 3. The first-order chi connectivity index (χ1) is 11.0. The fourth-order valence-electron chi connectivity index (χ4n) is 1.65. The van der Waals surface area contributed by atoms with Gasteiger partial charge in [0.15, 0.2) is 0 Å². The third-order valence-corrected chi connectivity index (χ3v) is 3.90. The van der Waals surface area contributed by atoms with Crippen LogP contribution in [-0.4, -0.2) is 25.0 Å². The number of rotatable bonds is 3. The lowest BCUT2D eigenvalue weighted by Gasteiger charge is -2.11. The standard InChI is InChI=1S/C14H12ClN3O4S/c1-22-13(20)8-4-2-3-5-9(8)16-14(21)18-17-12(19)10-6-7-11(15)23-10/h2-7H,1H3,(H,17,19)(H2,16,18,21). The zero-order valence-corrected chi connectivity index (χ0v) is 13.5. The number of ether oxygens (including phenoxy) is 1. The fraction of sp³-hybridized carbons (Fsp3) is 0.0714. The second-order valence-corrected chi connectivity index (χ2v) is 5.89. The molecular formula is C14H12ClN3O4S. The third kappa shape index (κ3) is 4.44. The zero-order chi connectivity index (χ0) is 16.8. The van der Waals surface area contributed by atoms with Gasteiger partial charge in [0.25, 0.3) is 5.91 Å². The maximum Gasteiger partial charge on any atom is 0.339 e. The second kappa shape index (κ2) is 7.61. The number of halogens is 1. The Morgan fingerprint density at radius 1 is 1.09 bits per heavy atom. The predicted molar refractivity (Wildman–Crippen MR) is 86.7 cm³/mol. The Morgan fingerprint density at radius 3 is 2.48 bits per heavy atom. The highest BCUT2D eigenvalue weighted by atomic mass is 35.5. The van der Waals surface area contributed by atoms with Crippen LogP contribution in [0.3, 0.4) is 0 Å². The summed E-state index contributed by atoms with van der Waals surface area (Å²) in [7, 11) is 1.24. The van der Waals surface area contributed by atoms with Gasteiger partial charge in [0.2, 0.25) is 0 Å². The number of hydrogen-bond donors (Lipinski definition) is 3. The smallest absolute Gasteiger partial charge is 0.339 e. The van der Waals surface area contributed by atoms with E-state index in [0.717, 1.165) is 11.3 Å². The molecule has 1 heterocycles. The Bertz CT molecular complexity index is 747. The molecule has 0 saturated heterocycles. The molecule has 3 amide bonds. The molecule has 2 rings (SSSR count). The van der Waals surface area contributed by atoms with Crippen LogP contribution in [0, 0.1) is 0 Å². The first-order valence-electron chi connectivity index (χ1n) is 6.31. The van der Waals surface area contributed by atoms with Crippen molar-refractivity contribution in [3.63, 3.8) is 0 Å². The molecule has 0 atom stereocenters. The number of anilines is 1. The van der Waals surface area contributed by atoms with E-state index in [1.54, 1.807) is 18.2 Å². The maximum atomic E-state index is 11.8. The molecule has 0 aliphatic carbocycles. The summed E-state index contributed by atoms with van der Waals surface area (Å²) in [5.74, 6) is -1.09. The topological polar surface area (TPSA) is 96.5 Å². The molecule has 0 bridgehead atoms. The summed E-state index contributed by atoms with van der Waals surface area (Å²) in [5, 5.41) is 2.45. The number of nitrogens with one attached hydrogen (secondary N) is 3. The van der Waals surface area contributed by atoms with Crippen LogP contribution in [0.2, 0.25) is 4.34 Å². The van der Waals surface area contributed by atoms with E-state index in [0.29, 0.717) is 9.21 Å². The summed E-state index contributed by atoms with van der Waals surface area (Å²) in [5.41, 5.74) is 4.87. The van der Waals surface area contributed by atoms with Gasteiger partial charge in [-0.2, -0.15) is 0 Å². The van der Waals surface area contributed by atoms with Gasteiger partial charge in [0.05, 0.1) is 27.6 Å². The number of hydrazine groups is 1. The second-order valence-electron chi connectivity index (χ2n) is 4.17. The summed E-state index contributed by atoms with van der Waals surface area (Å²) in [6.07, 6.45) is 0. The number of carbonyl (C=O) groups excluding carboxylic acids is 3. The summed E-state index contributed by atoms with van der Waals surface area (Å²) in [4.78, 5) is 35.5. The normalized spacial score (nSPS) is 9.83. The molecule has 0 saturated carbocycles. The zero-order valence-electron chi connectivity index (χ0n) is 11.9. The average molecular weight is 354 g/mol. The molecule has 0 spiro atoms. The Morgan fingerprint density at radius 2 is 1.83 bits per heavy atom. The van der Waals surface area contributed by atoms with Crippen LogP contribution in [-0.2, 0) is 4.74 Å². The van der Waals surface area contributed by atoms with Crippen LogP contribution in [0.1, 0.15) is 20.0 Å². The largest absolute Gasteiger partial charge is 0.465 e. The highest BCUT2D eigenvalue weighted by Crippen LogP contribution is 2.21. The molecule has 120 valence electrons. The monoisotopic (exact) mass is 353 g/mol. The molecule has 0 aliphatic heterocycles. The summed E-state index contributed by atoms with van der Waals surface area (Å²) < 4.78 is 5.09. The van der Waals surface area contributed by atoms with E-state index in [9.17, 15) is 14.4 Å². The molecule has 1 aromatic heterocycles. The predicted octanol–water partition coefficient (Wildman–Crippen LogP) is 2.65. The lowest BCUT2D eigenvalue weighted by atomic mass is 10.2. The lowest BCUT2D eigenvalue weighted by molar-refractivity contribution is 0.0601. The van der Waals surface area contributed by atoms with Crippen molar-refractivity contribution in [2.45, 2.75) is 0 Å². The molecule has 0 radical (unpaired) electrons. The highest BCUT2D eigenvalue weighted by Gasteiger charge is 2.14. The van der Waals surface area contributed by atoms with E-state index in [-0.39, 0.29) is 11.3 Å². The van der Waals surface area contributed by atoms with Crippen molar-refractivity contribution in [3.8, 4) is 0 Å². The van der Waals surface area contributed by atoms with Gasteiger partial charge >= 0.3 is 12.0 Å². The van der Waals surface area contributed by atoms with Crippen LogP contribution in [0.15, 0.2) is 36.4 Å². The van der Waals surface area contributed by atoms with Gasteiger partial charge in [-0.05, 0) is 24.3 Å². The van der Waals surface area contributed by atoms with Crippen molar-refractivity contribution >= 4 is 46.5 Å². The summed E-state index contributed by atoms with van der Waals surface area (Å²) in [6.45, 7) is 0. The van der Waals surface area contributed by atoms with Crippen molar-refractivity contribution in [1.29, 1.82) is 0 Å². The maximum absolute atomic E-state index is 11.8. The fourth-order valence-corrected chi connectivity index (χ4v) is 2.58. The molecule has 0 aliphatic rings. The molecule has 2 aromatic rings. The molecule has 9 heteroatoms. The van der Waals surface area contributed by atoms with E-state index >= 15 is 0 Å². The number of urea groups is 1. The number of benzene rings is 1. The van der Waals surface area contributed by atoms with Crippen LogP contribution in [0.4, 0.5) is 10.5 Å². The Balaban J connectivity index is 1.95. The molecule has 3 N–H and O–H groups in total. The lowest BCUT2D eigenvalue weighted by Crippen LogP contribution is -2.43. The third-order valence-electron chi connectivity index (χ3n) is 2.67. The van der Waals surface area contributed by atoms with Gasteiger partial charge in [-0.3, -0.25) is 10.2 Å². The molecule has 1 aromatic carbocycles. The number of esters is 1. The van der Waals surface area contributed by atoms with Gasteiger partial charge in [-0.15, -0.1) is 11.3 Å². The van der Waals surface area contributed by atoms with Crippen molar-refractivity contribution in [3.05, 3.63) is 51.2 Å². The van der Waals surface area contributed by atoms with Crippen molar-refractivity contribution in [2.75, 3.05) is 12.4 Å². The molecular weight excluding hydrogens is 342 g/mol. The number of thiophene rings is 1. The van der Waals surface area contributed by atoms with Crippen LogP contribution >= 0.6 is 22.9 Å². The Kier molecular flexibility index (Phi) is 5.56. The highest BCUT2D eigenvalue weighted by molar-refractivity contribution is 7.17. The summed E-state index contributed by atoms with van der Waals surface area (Å²) >= 11 is 6.81. The molecule has 0 fully saturated rings. The first kappa shape index (κ1) is 16.8. The van der Waals surface area contributed by atoms with Crippen molar-refractivity contribution in [1.82, 2.24) is 10.9 Å². The Hall–Kier alpha value is -2.58. The van der Waals surface area contributed by atoms with E-state index < -0.39 is 17.9 Å². The minimum Gasteiger partial charge on any atom is -0.465 e. The van der Waals surface area contributed by atoms with E-state index in [2.05, 4.69) is 20.9 Å². The van der Waals surface area contributed by atoms with Crippen LogP contribution < -0.4 is 16.2 Å². The quantitative estimate of drug-likeness (QED) is 0.583. The van der Waals surface area contributed by atoms with Crippen LogP contribution in [0.5, 0.6) is 0 Å². The van der Waals surface area contributed by atoms with E-state index in [1.165, 1.54) is 25.3 Å². The van der Waals surface area contributed by atoms with Crippen molar-refractivity contribution < 1.29 is 19.1 Å². The van der Waals surface area contributed by atoms with Gasteiger partial charge in [0.1, 0.15) is 0 Å². The van der Waals surface area contributed by atoms with Crippen molar-refractivity contribution in [2.24, 2.45) is 0 Å². The van der Waals surface area contributed by atoms with Gasteiger partial charge < -0.3 is 10.1 Å². The molecule has 7 nitrogen and oxygen atoms in total. The van der Waals surface area contributed by atoms with Gasteiger partial charge in [-0.1, -0.05) is 23.7 Å². The summed E-state index contributed by atoms with van der Waals surface area (Å²) in [6, 6.07) is 8.73. The van der Waals surface area contributed by atoms with Gasteiger partial charge in [-0.25, -0.2) is 15.0 Å². The minimum atomic E-state index is -0.711. The number of methoxy groups -OCH3 is 1. The first-order valence-corrected chi connectivity index (χ1v) is 7.50. The average Bonchev–Trinajstić information content (AvgIpc) is 2.99. The van der Waals surface area contributed by atoms with Gasteiger partial charge in [0, 0.05) is 0 Å². The molecule has 0 unspecified atom stereocenters. The number of hydrogen-bond acceptors (Lipinski definition) is 5. The van der Waals surface area contributed by atoms with E-state index in [1.807, 2.05) is 0 Å². The van der Waals surface area contributed by atoms with Crippen LogP contribution in [0.25, 0.3) is 0 Å². The minimum absolute atomic E-state index is 0.196. The molecule has 23 heavy (non-hydrogen) atoms.